The smallest absolute Gasteiger partial charge is 0.306 e. The lowest BCUT2D eigenvalue weighted by molar-refractivity contribution is -0.672. The van der Waals surface area contributed by atoms with Crippen molar-refractivity contribution in [2.24, 2.45) is 24.1 Å². The molecular formula is C42H48N6O4+2. The Labute approximate surface area is 306 Å². The maximum absolute atomic E-state index is 12.4. The minimum absolute atomic E-state index is 0.202. The van der Waals surface area contributed by atoms with Crippen LogP contribution in [0, 0.1) is 0 Å². The Morgan fingerprint density at radius 2 is 1.04 bits per heavy atom. The van der Waals surface area contributed by atoms with E-state index in [9.17, 15) is 9.59 Å². The molecule has 0 amide bonds. The van der Waals surface area contributed by atoms with Gasteiger partial charge in [0.05, 0.1) is 36.0 Å². The first kappa shape index (κ1) is 37.4. The Hall–Kier alpha value is -5.90. The number of allylic oxidation sites excluding steroid dienone is 2. The predicted octanol–water partition coefficient (Wildman–Crippen LogP) is 6.96. The number of fused-ring (bicyclic) bond motifs is 2. The number of aromatic nitrogens is 2. The van der Waals surface area contributed by atoms with Gasteiger partial charge in [-0.05, 0) is 86.1 Å². The zero-order chi connectivity index (χ0) is 36.4. The summed E-state index contributed by atoms with van der Waals surface area (Å²) in [5.74, 6) is -0.404. The summed E-state index contributed by atoms with van der Waals surface area (Å²) in [7, 11) is 3.93. The average Bonchev–Trinajstić information content (AvgIpc) is 3.15. The van der Waals surface area contributed by atoms with Crippen LogP contribution in [0.5, 0.6) is 0 Å². The molecule has 1 aliphatic heterocycles. The Balaban J connectivity index is 1.19. The summed E-state index contributed by atoms with van der Waals surface area (Å²) in [5.41, 5.74) is 7.34. The van der Waals surface area contributed by atoms with Crippen LogP contribution in [0.1, 0.15) is 49.7 Å². The monoisotopic (exact) mass is 700 g/mol. The Kier molecular flexibility index (Phi) is 14.4. The number of aliphatic imine (C=N–C) groups is 2. The highest BCUT2D eigenvalue weighted by molar-refractivity contribution is 5.87. The lowest BCUT2D eigenvalue weighted by Gasteiger charge is -2.11. The van der Waals surface area contributed by atoms with Crippen LogP contribution in [0.2, 0.25) is 0 Å². The topological polar surface area (TPSA) is 109 Å². The number of aryl methyl sites for hydroxylation is 4. The van der Waals surface area contributed by atoms with Crippen LogP contribution in [-0.2, 0) is 46.0 Å². The molecule has 10 nitrogen and oxygen atoms in total. The third-order valence-corrected chi connectivity index (χ3v) is 8.36. The van der Waals surface area contributed by atoms with Crippen molar-refractivity contribution in [1.82, 2.24) is 0 Å². The van der Waals surface area contributed by atoms with Gasteiger partial charge >= 0.3 is 11.9 Å². The van der Waals surface area contributed by atoms with Gasteiger partial charge in [-0.25, -0.2) is 9.13 Å². The standard InChI is InChI=1S/C42H48N6O4/c1-47-23-7-11-33(31-47)19-21-41(49)51-25-9-13-35-27-43-37-15-3-5-17-39(37)45-29-36(30-46-40-18-6-4-16-38(40)44-28-35)14-10-26-52-42(50)22-20-34-12-8-24-48(2)32-34/h3-8,11-12,15-18,23-24,27-32,43,46H,9-10,13-14,19-22,25-26H2,1-2H3/q+2. The fourth-order valence-corrected chi connectivity index (χ4v) is 5.57. The van der Waals surface area contributed by atoms with E-state index in [2.05, 4.69) is 10.6 Å². The van der Waals surface area contributed by atoms with Gasteiger partial charge in [-0.2, -0.15) is 0 Å². The Morgan fingerprint density at radius 1 is 0.596 bits per heavy atom. The van der Waals surface area contributed by atoms with E-state index in [-0.39, 0.29) is 11.9 Å². The van der Waals surface area contributed by atoms with Crippen LogP contribution in [0.15, 0.2) is 131 Å². The van der Waals surface area contributed by atoms with Crippen LogP contribution < -0.4 is 19.8 Å². The van der Waals surface area contributed by atoms with E-state index in [0.717, 1.165) is 45.0 Å². The number of ether oxygens (including phenoxy) is 2. The van der Waals surface area contributed by atoms with Gasteiger partial charge in [0.2, 0.25) is 0 Å². The zero-order valence-electron chi connectivity index (χ0n) is 30.0. The Bertz CT molecular complexity index is 1790. The third-order valence-electron chi connectivity index (χ3n) is 8.36. The van der Waals surface area contributed by atoms with E-state index in [4.69, 9.17) is 19.5 Å². The third kappa shape index (κ3) is 12.8. The number of anilines is 2. The van der Waals surface area contributed by atoms with Crippen molar-refractivity contribution in [1.29, 1.82) is 0 Å². The number of carbonyl (C=O) groups excluding carboxylic acids is 2. The number of hydrogen-bond donors (Lipinski definition) is 2. The minimum atomic E-state index is -0.202. The van der Waals surface area contributed by atoms with Crippen molar-refractivity contribution in [3.63, 3.8) is 0 Å². The molecule has 52 heavy (non-hydrogen) atoms. The number of para-hydroxylation sites is 4. The van der Waals surface area contributed by atoms with Crippen LogP contribution in [0.25, 0.3) is 0 Å². The second-order valence-electron chi connectivity index (χ2n) is 12.7. The first-order chi connectivity index (χ1) is 25.4. The summed E-state index contributed by atoms with van der Waals surface area (Å²) in [6.45, 7) is 0.649. The normalized spacial score (nSPS) is 12.6. The molecule has 4 aromatic rings. The van der Waals surface area contributed by atoms with E-state index in [1.54, 1.807) is 0 Å². The number of rotatable bonds is 14. The molecule has 268 valence electrons. The molecule has 0 fully saturated rings. The molecule has 0 atom stereocenters. The van der Waals surface area contributed by atoms with Gasteiger partial charge in [-0.1, -0.05) is 24.3 Å². The first-order valence-corrected chi connectivity index (χ1v) is 17.8. The highest BCUT2D eigenvalue weighted by Crippen LogP contribution is 2.27. The molecule has 0 spiro atoms. The highest BCUT2D eigenvalue weighted by atomic mass is 16.5. The summed E-state index contributed by atoms with van der Waals surface area (Å²) in [4.78, 5) is 34.5. The fourth-order valence-electron chi connectivity index (χ4n) is 5.57. The summed E-state index contributed by atoms with van der Waals surface area (Å²) >= 11 is 0. The van der Waals surface area contributed by atoms with Crippen molar-refractivity contribution in [3.8, 4) is 0 Å². The largest absolute Gasteiger partial charge is 0.466 e. The Morgan fingerprint density at radius 3 is 1.48 bits per heavy atom. The predicted molar refractivity (Wildman–Crippen MR) is 205 cm³/mol. The van der Waals surface area contributed by atoms with Gasteiger partial charge < -0.3 is 20.1 Å². The molecule has 0 saturated heterocycles. The number of pyridine rings is 2. The second kappa shape index (κ2) is 20.1. The van der Waals surface area contributed by atoms with E-state index >= 15 is 0 Å². The summed E-state index contributed by atoms with van der Waals surface area (Å²) < 4.78 is 15.1. The van der Waals surface area contributed by atoms with Gasteiger partial charge in [0.25, 0.3) is 0 Å². The quantitative estimate of drug-likeness (QED) is 0.0837. The first-order valence-electron chi connectivity index (χ1n) is 17.8. The number of nitrogens with one attached hydrogen (secondary N) is 2. The lowest BCUT2D eigenvalue weighted by Crippen LogP contribution is -2.27. The fraction of sp³-hybridized carbons (Fsp3) is 0.286. The van der Waals surface area contributed by atoms with Crippen molar-refractivity contribution >= 4 is 47.1 Å². The molecule has 0 aliphatic carbocycles. The molecule has 2 N–H and O–H groups in total. The number of nitrogens with zero attached hydrogens (tertiary/aromatic N) is 4. The average molecular weight is 701 g/mol. The van der Waals surface area contributed by atoms with Crippen LogP contribution in [-0.4, -0.2) is 37.6 Å². The molecule has 0 unspecified atom stereocenters. The molecule has 0 saturated carbocycles. The summed E-state index contributed by atoms with van der Waals surface area (Å²) in [5, 5.41) is 6.84. The number of esters is 2. The lowest BCUT2D eigenvalue weighted by atomic mass is 10.1. The van der Waals surface area contributed by atoms with Crippen molar-refractivity contribution in [2.75, 3.05) is 23.8 Å². The SMILES string of the molecule is C[n+]1cccc(CCC(=O)OCCCC2=CNc3ccccc3N=CC(CCCOC(=O)CCc3ccc[n+](C)c3)=CNc3ccccc3N=C2)c1. The molecule has 2 aromatic heterocycles. The summed E-state index contributed by atoms with van der Waals surface area (Å²) in [6, 6.07) is 23.7. The number of benzene rings is 2. The number of hydrogen-bond acceptors (Lipinski definition) is 8. The summed E-state index contributed by atoms with van der Waals surface area (Å²) in [6.07, 6.45) is 20.1. The van der Waals surface area contributed by atoms with Crippen molar-refractivity contribution < 1.29 is 28.2 Å². The molecular weight excluding hydrogens is 652 g/mol. The van der Waals surface area contributed by atoms with Crippen LogP contribution >= 0.6 is 0 Å². The maximum Gasteiger partial charge on any atom is 0.306 e. The maximum atomic E-state index is 12.4. The van der Waals surface area contributed by atoms with Crippen LogP contribution in [0.4, 0.5) is 22.7 Å². The molecule has 10 heteroatoms. The van der Waals surface area contributed by atoms with Gasteiger partial charge in [-0.3, -0.25) is 19.6 Å². The van der Waals surface area contributed by atoms with Crippen molar-refractivity contribution in [3.05, 3.63) is 132 Å². The van der Waals surface area contributed by atoms with E-state index < -0.39 is 0 Å². The molecule has 0 radical (unpaired) electrons. The van der Waals surface area contributed by atoms with Crippen molar-refractivity contribution in [2.45, 2.75) is 51.4 Å². The second-order valence-corrected chi connectivity index (χ2v) is 12.7. The van der Waals surface area contributed by atoms with Crippen LogP contribution in [0.3, 0.4) is 0 Å². The van der Waals surface area contributed by atoms with E-state index in [0.29, 0.717) is 64.6 Å². The molecule has 0 bridgehead atoms. The zero-order valence-corrected chi connectivity index (χ0v) is 30.0. The number of carbonyl (C=O) groups is 2. The van der Waals surface area contributed by atoms with Gasteiger partial charge in [0, 0.05) is 60.9 Å². The minimum Gasteiger partial charge on any atom is -0.466 e. The van der Waals surface area contributed by atoms with Gasteiger partial charge in [-0.15, -0.1) is 0 Å². The molecule has 1 aliphatic rings. The van der Waals surface area contributed by atoms with E-state index in [1.807, 2.05) is 146 Å². The molecule has 5 rings (SSSR count). The molecule has 2 aromatic carbocycles. The van der Waals surface area contributed by atoms with Gasteiger partial charge in [0.1, 0.15) is 14.1 Å². The van der Waals surface area contributed by atoms with E-state index in [1.165, 1.54) is 0 Å². The van der Waals surface area contributed by atoms with Gasteiger partial charge in [0.15, 0.2) is 24.8 Å². The molecule has 3 heterocycles. The highest BCUT2D eigenvalue weighted by Gasteiger charge is 2.09.